The van der Waals surface area contributed by atoms with Gasteiger partial charge in [0.1, 0.15) is 17.3 Å². The molecule has 0 aliphatic carbocycles. The molecule has 0 bridgehead atoms. The van der Waals surface area contributed by atoms with E-state index in [0.717, 1.165) is 10.0 Å². The summed E-state index contributed by atoms with van der Waals surface area (Å²) in [6.45, 7) is 3.50. The summed E-state index contributed by atoms with van der Waals surface area (Å²) < 4.78 is 19.9. The predicted octanol–water partition coefficient (Wildman–Crippen LogP) is 4.74. The van der Waals surface area contributed by atoms with Crippen LogP contribution in [0.25, 0.3) is 0 Å². The van der Waals surface area contributed by atoms with Crippen LogP contribution in [0.3, 0.4) is 0 Å². The van der Waals surface area contributed by atoms with Gasteiger partial charge in [0.05, 0.1) is 6.10 Å². The molecular weight excluding hydrogens is 311 g/mol. The third-order valence-corrected chi connectivity index (χ3v) is 3.29. The van der Waals surface area contributed by atoms with Gasteiger partial charge in [-0.15, -0.1) is 0 Å². The first-order valence-electron chi connectivity index (χ1n) is 5.89. The smallest absolute Gasteiger partial charge is 0.133 e. The van der Waals surface area contributed by atoms with Crippen LogP contribution in [0.1, 0.15) is 24.2 Å². The summed E-state index contributed by atoms with van der Waals surface area (Å²) in [5.41, 5.74) is 1.39. The minimum atomic E-state index is -0.793. The molecule has 4 heteroatoms. The van der Waals surface area contributed by atoms with Crippen molar-refractivity contribution in [2.24, 2.45) is 0 Å². The molecular formula is C15H14BrFO2. The van der Waals surface area contributed by atoms with Crippen LogP contribution in [0.5, 0.6) is 11.5 Å². The number of halogens is 2. The van der Waals surface area contributed by atoms with Crippen molar-refractivity contribution in [3.63, 3.8) is 0 Å². The lowest BCUT2D eigenvalue weighted by molar-refractivity contribution is 0.195. The lowest BCUT2D eigenvalue weighted by atomic mass is 10.1. The minimum Gasteiger partial charge on any atom is -0.457 e. The molecule has 0 spiro atoms. The molecule has 0 heterocycles. The maximum absolute atomic E-state index is 13.2. The van der Waals surface area contributed by atoms with Gasteiger partial charge in [0.25, 0.3) is 0 Å². The van der Waals surface area contributed by atoms with Crippen LogP contribution in [-0.4, -0.2) is 5.11 Å². The summed E-state index contributed by atoms with van der Waals surface area (Å²) in [6, 6.07) is 9.80. The van der Waals surface area contributed by atoms with Crippen molar-refractivity contribution in [3.05, 3.63) is 57.8 Å². The number of rotatable bonds is 3. The summed E-state index contributed by atoms with van der Waals surface area (Å²) in [7, 11) is 0. The Morgan fingerprint density at radius 3 is 2.58 bits per heavy atom. The molecule has 2 aromatic carbocycles. The number of aliphatic hydroxyl groups excluding tert-OH is 1. The Kier molecular flexibility index (Phi) is 4.22. The first-order chi connectivity index (χ1) is 8.97. The Labute approximate surface area is 120 Å². The fourth-order valence-corrected chi connectivity index (χ4v) is 2.08. The number of aliphatic hydroxyl groups is 1. The molecule has 1 N–H and O–H groups in total. The van der Waals surface area contributed by atoms with Gasteiger partial charge in [-0.25, -0.2) is 4.39 Å². The van der Waals surface area contributed by atoms with E-state index in [4.69, 9.17) is 4.74 Å². The lowest BCUT2D eigenvalue weighted by Crippen LogP contribution is -1.98. The zero-order valence-corrected chi connectivity index (χ0v) is 12.2. The van der Waals surface area contributed by atoms with E-state index in [2.05, 4.69) is 15.9 Å². The van der Waals surface area contributed by atoms with Crippen LogP contribution in [-0.2, 0) is 0 Å². The van der Waals surface area contributed by atoms with Crippen molar-refractivity contribution >= 4 is 15.9 Å². The fourth-order valence-electron chi connectivity index (χ4n) is 1.74. The number of aryl methyl sites for hydroxylation is 1. The van der Waals surface area contributed by atoms with E-state index in [1.807, 2.05) is 25.1 Å². The predicted molar refractivity (Wildman–Crippen MR) is 76.0 cm³/mol. The summed E-state index contributed by atoms with van der Waals surface area (Å²) >= 11 is 3.38. The zero-order chi connectivity index (χ0) is 14.0. The highest BCUT2D eigenvalue weighted by Crippen LogP contribution is 2.33. The van der Waals surface area contributed by atoms with Crippen LogP contribution in [0.4, 0.5) is 4.39 Å². The molecule has 19 heavy (non-hydrogen) atoms. The van der Waals surface area contributed by atoms with Crippen molar-refractivity contribution in [1.82, 2.24) is 0 Å². The third kappa shape index (κ3) is 3.33. The highest BCUT2D eigenvalue weighted by molar-refractivity contribution is 9.10. The van der Waals surface area contributed by atoms with Gasteiger partial charge in [0.15, 0.2) is 0 Å². The Morgan fingerprint density at radius 1 is 1.16 bits per heavy atom. The summed E-state index contributed by atoms with van der Waals surface area (Å²) in [5.74, 6) is 0.731. The Morgan fingerprint density at radius 2 is 1.89 bits per heavy atom. The second-order valence-electron chi connectivity index (χ2n) is 4.37. The highest BCUT2D eigenvalue weighted by atomic mass is 79.9. The van der Waals surface area contributed by atoms with Crippen molar-refractivity contribution in [2.75, 3.05) is 0 Å². The maximum atomic E-state index is 13.2. The van der Waals surface area contributed by atoms with Gasteiger partial charge in [0.2, 0.25) is 0 Å². The zero-order valence-electron chi connectivity index (χ0n) is 10.7. The van der Waals surface area contributed by atoms with E-state index in [0.29, 0.717) is 17.1 Å². The molecule has 1 atom stereocenters. The van der Waals surface area contributed by atoms with Crippen LogP contribution in [0, 0.1) is 12.7 Å². The second-order valence-corrected chi connectivity index (χ2v) is 5.29. The topological polar surface area (TPSA) is 29.5 Å². The van der Waals surface area contributed by atoms with E-state index in [1.54, 1.807) is 6.92 Å². The van der Waals surface area contributed by atoms with Crippen molar-refractivity contribution in [2.45, 2.75) is 20.0 Å². The molecule has 0 aliphatic rings. The molecule has 0 saturated carbocycles. The van der Waals surface area contributed by atoms with E-state index >= 15 is 0 Å². The van der Waals surface area contributed by atoms with Gasteiger partial charge >= 0.3 is 0 Å². The van der Waals surface area contributed by atoms with E-state index in [-0.39, 0.29) is 0 Å². The Bertz CT molecular complexity index is 597. The molecule has 2 aromatic rings. The van der Waals surface area contributed by atoms with Crippen molar-refractivity contribution < 1.29 is 14.2 Å². The number of benzene rings is 2. The highest BCUT2D eigenvalue weighted by Gasteiger charge is 2.12. The molecule has 2 nitrogen and oxygen atoms in total. The number of hydrogen-bond donors (Lipinski definition) is 1. The Hall–Kier alpha value is -1.39. The fraction of sp³-hybridized carbons (Fsp3) is 0.200. The maximum Gasteiger partial charge on any atom is 0.133 e. The average molecular weight is 325 g/mol. The van der Waals surface area contributed by atoms with Gasteiger partial charge in [-0.3, -0.25) is 0 Å². The van der Waals surface area contributed by atoms with E-state index in [1.165, 1.54) is 18.2 Å². The monoisotopic (exact) mass is 324 g/mol. The van der Waals surface area contributed by atoms with E-state index < -0.39 is 11.9 Å². The molecule has 0 unspecified atom stereocenters. The van der Waals surface area contributed by atoms with Crippen molar-refractivity contribution in [1.29, 1.82) is 0 Å². The first kappa shape index (κ1) is 14.0. The molecule has 0 aliphatic heterocycles. The second kappa shape index (κ2) is 5.72. The van der Waals surface area contributed by atoms with Crippen molar-refractivity contribution in [3.8, 4) is 11.5 Å². The number of ether oxygens (including phenoxy) is 1. The van der Waals surface area contributed by atoms with Gasteiger partial charge in [-0.2, -0.15) is 0 Å². The van der Waals surface area contributed by atoms with Gasteiger partial charge < -0.3 is 9.84 Å². The Balaban J connectivity index is 2.40. The third-order valence-electron chi connectivity index (χ3n) is 2.79. The first-order valence-corrected chi connectivity index (χ1v) is 6.68. The van der Waals surface area contributed by atoms with Gasteiger partial charge in [-0.05, 0) is 49.7 Å². The lowest BCUT2D eigenvalue weighted by Gasteiger charge is -2.15. The summed E-state index contributed by atoms with van der Waals surface area (Å²) in [6.07, 6.45) is -0.793. The average Bonchev–Trinajstić information content (AvgIpc) is 2.35. The SMILES string of the molecule is Cc1ccc(Br)cc1Oc1ccc(F)cc1[C@H](C)O. The standard InChI is InChI=1S/C15H14BrFO2/c1-9-3-4-11(16)7-15(9)19-14-6-5-12(17)8-13(14)10(2)18/h3-8,10,18H,1-2H3/t10-/m0/s1. The van der Waals surface area contributed by atoms with Crippen LogP contribution >= 0.6 is 15.9 Å². The molecule has 0 radical (unpaired) electrons. The normalized spacial score (nSPS) is 12.3. The largest absolute Gasteiger partial charge is 0.457 e. The van der Waals surface area contributed by atoms with E-state index in [9.17, 15) is 9.50 Å². The molecule has 100 valence electrons. The van der Waals surface area contributed by atoms with Gasteiger partial charge in [0, 0.05) is 10.0 Å². The molecule has 0 aromatic heterocycles. The minimum absolute atomic E-state index is 0.394. The number of hydrogen-bond acceptors (Lipinski definition) is 2. The van der Waals surface area contributed by atoms with Crippen LogP contribution in [0.15, 0.2) is 40.9 Å². The molecule has 2 rings (SSSR count). The molecule has 0 amide bonds. The molecule has 0 fully saturated rings. The van der Waals surface area contributed by atoms with Gasteiger partial charge in [-0.1, -0.05) is 22.0 Å². The summed E-state index contributed by atoms with van der Waals surface area (Å²) in [4.78, 5) is 0. The van der Waals surface area contributed by atoms with Crippen LogP contribution < -0.4 is 4.74 Å². The van der Waals surface area contributed by atoms with Crippen LogP contribution in [0.2, 0.25) is 0 Å². The summed E-state index contributed by atoms with van der Waals surface area (Å²) in [5, 5.41) is 9.67. The molecule has 0 saturated heterocycles. The quantitative estimate of drug-likeness (QED) is 0.883.